The Balaban J connectivity index is 1.84. The summed E-state index contributed by atoms with van der Waals surface area (Å²) in [6, 6.07) is 16.5. The number of benzene rings is 2. The molecule has 0 aliphatic rings. The zero-order valence-corrected chi connectivity index (χ0v) is 16.3. The van der Waals surface area contributed by atoms with Crippen LogP contribution in [0.1, 0.15) is 31.9 Å². The first-order valence-electron chi connectivity index (χ1n) is 8.59. The second kappa shape index (κ2) is 8.47. The Morgan fingerprint density at radius 2 is 1.58 bits per heavy atom. The lowest BCUT2D eigenvalue weighted by atomic mass is 9.87. The molecule has 2 aromatic carbocycles. The van der Waals surface area contributed by atoms with E-state index < -0.39 is 10.0 Å². The number of nitrogens with one attached hydrogen (secondary N) is 2. The molecule has 2 N–H and O–H groups in total. The Hall–Kier alpha value is -2.18. The van der Waals surface area contributed by atoms with E-state index in [4.69, 9.17) is 0 Å². The van der Waals surface area contributed by atoms with E-state index in [1.807, 2.05) is 30.3 Å². The molecule has 1 amide bonds. The van der Waals surface area contributed by atoms with Crippen LogP contribution in [0.25, 0.3) is 0 Å². The van der Waals surface area contributed by atoms with Crippen molar-refractivity contribution < 1.29 is 13.2 Å². The van der Waals surface area contributed by atoms with Crippen LogP contribution in [0.3, 0.4) is 0 Å². The first kappa shape index (κ1) is 20.1. The minimum atomic E-state index is -3.71. The zero-order chi connectivity index (χ0) is 19.2. The lowest BCUT2D eigenvalue weighted by molar-refractivity contribution is -0.119. The molecule has 0 radical (unpaired) electrons. The molecule has 0 saturated heterocycles. The Labute approximate surface area is 155 Å². The van der Waals surface area contributed by atoms with E-state index in [1.54, 1.807) is 24.3 Å². The summed E-state index contributed by atoms with van der Waals surface area (Å²) in [6.07, 6.45) is 0.702. The molecule has 5 nitrogen and oxygen atoms in total. The maximum absolute atomic E-state index is 12.3. The van der Waals surface area contributed by atoms with Crippen LogP contribution in [0, 0.1) is 0 Å². The number of rotatable bonds is 7. The maximum atomic E-state index is 12.3. The third kappa shape index (κ3) is 5.97. The predicted octanol–water partition coefficient (Wildman–Crippen LogP) is 2.62. The largest absolute Gasteiger partial charge is 0.355 e. The Bertz CT molecular complexity index is 824. The second-order valence-electron chi connectivity index (χ2n) is 7.18. The molecule has 6 heteroatoms. The highest BCUT2D eigenvalue weighted by molar-refractivity contribution is 7.89. The molecule has 0 fully saturated rings. The number of carbonyl (C=O) groups excluding carboxylic acids is 1. The van der Waals surface area contributed by atoms with Gasteiger partial charge in [0.05, 0.1) is 11.4 Å². The minimum Gasteiger partial charge on any atom is -0.355 e. The summed E-state index contributed by atoms with van der Waals surface area (Å²) < 4.78 is 26.9. The van der Waals surface area contributed by atoms with Gasteiger partial charge in [0.1, 0.15) is 0 Å². The third-order valence-electron chi connectivity index (χ3n) is 4.03. The summed E-state index contributed by atoms with van der Waals surface area (Å²) >= 11 is 0. The van der Waals surface area contributed by atoms with Crippen molar-refractivity contribution in [3.05, 3.63) is 65.7 Å². The van der Waals surface area contributed by atoms with Crippen molar-refractivity contribution in [1.82, 2.24) is 10.0 Å². The lowest BCUT2D eigenvalue weighted by Gasteiger charge is -2.19. The van der Waals surface area contributed by atoms with Crippen LogP contribution in [0.2, 0.25) is 0 Å². The van der Waals surface area contributed by atoms with E-state index in [2.05, 4.69) is 30.8 Å². The van der Waals surface area contributed by atoms with Crippen LogP contribution in [0.15, 0.2) is 59.5 Å². The molecule has 2 rings (SSSR count). The Morgan fingerprint density at radius 1 is 0.962 bits per heavy atom. The molecule has 0 aliphatic carbocycles. The number of amides is 1. The molecule has 0 aliphatic heterocycles. The molecule has 0 aromatic heterocycles. The Kier molecular flexibility index (Phi) is 6.56. The van der Waals surface area contributed by atoms with E-state index in [1.165, 1.54) is 0 Å². The second-order valence-corrected chi connectivity index (χ2v) is 8.95. The van der Waals surface area contributed by atoms with Crippen molar-refractivity contribution in [2.75, 3.05) is 13.1 Å². The molecule has 0 bridgehead atoms. The van der Waals surface area contributed by atoms with Gasteiger partial charge in [-0.3, -0.25) is 4.79 Å². The summed E-state index contributed by atoms with van der Waals surface area (Å²) in [6.45, 7) is 6.38. The van der Waals surface area contributed by atoms with Gasteiger partial charge in [0.15, 0.2) is 0 Å². The van der Waals surface area contributed by atoms with Gasteiger partial charge in [-0.05, 0) is 35.1 Å². The molecule has 0 unspecified atom stereocenters. The molecule has 0 spiro atoms. The first-order valence-corrected chi connectivity index (χ1v) is 10.1. The monoisotopic (exact) mass is 374 g/mol. The fourth-order valence-corrected chi connectivity index (χ4v) is 3.41. The number of sulfonamides is 1. The molecule has 0 atom stereocenters. The fourth-order valence-electron chi connectivity index (χ4n) is 2.43. The van der Waals surface area contributed by atoms with Gasteiger partial charge in [-0.15, -0.1) is 0 Å². The van der Waals surface area contributed by atoms with Crippen molar-refractivity contribution in [3.63, 3.8) is 0 Å². The fraction of sp³-hybridized carbons (Fsp3) is 0.350. The minimum absolute atomic E-state index is 0.0473. The van der Waals surface area contributed by atoms with Crippen LogP contribution in [0.4, 0.5) is 0 Å². The molecular weight excluding hydrogens is 348 g/mol. The van der Waals surface area contributed by atoms with Crippen molar-refractivity contribution in [2.45, 2.75) is 37.5 Å². The SMILES string of the molecule is CC(C)(C)c1ccc(S(=O)(=O)NCC(=O)NCCc2ccccc2)cc1. The maximum Gasteiger partial charge on any atom is 0.241 e. The van der Waals surface area contributed by atoms with Gasteiger partial charge in [-0.1, -0.05) is 63.2 Å². The molecule has 2 aromatic rings. The highest BCUT2D eigenvalue weighted by Gasteiger charge is 2.18. The number of carbonyl (C=O) groups is 1. The number of hydrogen-bond acceptors (Lipinski definition) is 3. The Morgan fingerprint density at radius 3 is 2.15 bits per heavy atom. The standard InChI is InChI=1S/C20H26N2O3S/c1-20(2,3)17-9-11-18(12-10-17)26(24,25)22-15-19(23)21-14-13-16-7-5-4-6-8-16/h4-12,22H,13-15H2,1-3H3,(H,21,23). The van der Waals surface area contributed by atoms with E-state index in [9.17, 15) is 13.2 Å². The van der Waals surface area contributed by atoms with Gasteiger partial charge in [-0.2, -0.15) is 0 Å². The van der Waals surface area contributed by atoms with Crippen LogP contribution < -0.4 is 10.0 Å². The van der Waals surface area contributed by atoms with E-state index in [-0.39, 0.29) is 22.8 Å². The highest BCUT2D eigenvalue weighted by Crippen LogP contribution is 2.23. The van der Waals surface area contributed by atoms with Crippen molar-refractivity contribution in [2.24, 2.45) is 0 Å². The van der Waals surface area contributed by atoms with Crippen molar-refractivity contribution in [1.29, 1.82) is 0 Å². The van der Waals surface area contributed by atoms with Crippen molar-refractivity contribution in [3.8, 4) is 0 Å². The zero-order valence-electron chi connectivity index (χ0n) is 15.5. The topological polar surface area (TPSA) is 75.3 Å². The quantitative estimate of drug-likeness (QED) is 0.782. The van der Waals surface area contributed by atoms with Crippen molar-refractivity contribution >= 4 is 15.9 Å². The van der Waals surface area contributed by atoms with Gasteiger partial charge in [0.2, 0.25) is 15.9 Å². The highest BCUT2D eigenvalue weighted by atomic mass is 32.2. The van der Waals surface area contributed by atoms with E-state index in [0.717, 1.165) is 11.1 Å². The summed E-state index contributed by atoms with van der Waals surface area (Å²) in [5.41, 5.74) is 2.12. The van der Waals surface area contributed by atoms with E-state index >= 15 is 0 Å². The van der Waals surface area contributed by atoms with Crippen LogP contribution in [-0.2, 0) is 26.7 Å². The predicted molar refractivity (Wildman–Crippen MR) is 103 cm³/mol. The normalized spacial score (nSPS) is 12.0. The average molecular weight is 375 g/mol. The van der Waals surface area contributed by atoms with Gasteiger partial charge >= 0.3 is 0 Å². The molecular formula is C20H26N2O3S. The van der Waals surface area contributed by atoms with Crippen LogP contribution >= 0.6 is 0 Å². The average Bonchev–Trinajstić information content (AvgIpc) is 2.60. The van der Waals surface area contributed by atoms with Gasteiger partial charge < -0.3 is 5.32 Å². The third-order valence-corrected chi connectivity index (χ3v) is 5.45. The van der Waals surface area contributed by atoms with E-state index in [0.29, 0.717) is 13.0 Å². The van der Waals surface area contributed by atoms with Crippen LogP contribution in [0.5, 0.6) is 0 Å². The summed E-state index contributed by atoms with van der Waals surface area (Å²) in [4.78, 5) is 12.0. The lowest BCUT2D eigenvalue weighted by Crippen LogP contribution is -2.37. The summed E-state index contributed by atoms with van der Waals surface area (Å²) in [5, 5.41) is 2.72. The number of hydrogen-bond donors (Lipinski definition) is 2. The van der Waals surface area contributed by atoms with Crippen LogP contribution in [-0.4, -0.2) is 27.4 Å². The molecule has 0 saturated carbocycles. The molecule has 26 heavy (non-hydrogen) atoms. The molecule has 0 heterocycles. The summed E-state index contributed by atoms with van der Waals surface area (Å²) in [7, 11) is -3.71. The van der Waals surface area contributed by atoms with Gasteiger partial charge in [0.25, 0.3) is 0 Å². The molecule has 140 valence electrons. The van der Waals surface area contributed by atoms with Gasteiger partial charge in [0, 0.05) is 6.54 Å². The first-order chi connectivity index (χ1) is 12.2. The summed E-state index contributed by atoms with van der Waals surface area (Å²) in [5.74, 6) is -0.351. The smallest absolute Gasteiger partial charge is 0.241 e. The van der Waals surface area contributed by atoms with Gasteiger partial charge in [-0.25, -0.2) is 13.1 Å².